The Hall–Kier alpha value is -3.39. The number of nitrogens with zero attached hydrogens (tertiary/aromatic N) is 2. The number of fused-ring (bicyclic) bond motifs is 3. The molecule has 0 aliphatic carbocycles. The molecule has 166 valence electrons. The number of benzene rings is 4. The Morgan fingerprint density at radius 3 is 2.06 bits per heavy atom. The van der Waals surface area contributed by atoms with Crippen molar-refractivity contribution in [1.82, 2.24) is 4.57 Å². The Bertz CT molecular complexity index is 1550. The molecule has 0 fully saturated rings. The highest BCUT2D eigenvalue weighted by Crippen LogP contribution is 2.35. The molecule has 0 saturated heterocycles. The van der Waals surface area contributed by atoms with Crippen LogP contribution in [-0.2, 0) is 7.05 Å². The van der Waals surface area contributed by atoms with Gasteiger partial charge in [0.1, 0.15) is 5.69 Å². The van der Waals surface area contributed by atoms with E-state index in [4.69, 9.17) is 2.74 Å². The summed E-state index contributed by atoms with van der Waals surface area (Å²) in [7, 11) is 2.12. The maximum atomic E-state index is 9.08. The first kappa shape index (κ1) is 19.1. The first-order valence-electron chi connectivity index (χ1n) is 12.6. The molecule has 0 bridgehead atoms. The van der Waals surface area contributed by atoms with E-state index in [-0.39, 0.29) is 0 Å². The second-order valence-corrected chi connectivity index (χ2v) is 9.39. The summed E-state index contributed by atoms with van der Waals surface area (Å²) in [5, 5.41) is 2.33. The van der Waals surface area contributed by atoms with Gasteiger partial charge in [-0.1, -0.05) is 82.3 Å². The minimum absolute atomic E-state index is 0.848. The van der Waals surface area contributed by atoms with Crippen LogP contribution < -0.4 is 4.57 Å². The van der Waals surface area contributed by atoms with Crippen molar-refractivity contribution < 1.29 is 7.31 Å². The van der Waals surface area contributed by atoms with Crippen LogP contribution in [0.2, 0.25) is 0 Å². The fourth-order valence-corrected chi connectivity index (χ4v) is 5.05. The van der Waals surface area contributed by atoms with Gasteiger partial charge in [0.05, 0.1) is 12.6 Å². The number of hydrogen-bond acceptors (Lipinski definition) is 0. The van der Waals surface area contributed by atoms with Crippen molar-refractivity contribution in [1.29, 1.82) is 0 Å². The zero-order chi connectivity index (χ0) is 25.1. The highest BCUT2D eigenvalue weighted by molar-refractivity contribution is 6.03. The van der Waals surface area contributed by atoms with Crippen LogP contribution in [0.25, 0.3) is 38.9 Å². The summed E-state index contributed by atoms with van der Waals surface area (Å²) in [4.78, 5) is 0. The van der Waals surface area contributed by atoms with Crippen LogP contribution in [0.1, 0.15) is 58.9 Å². The molecule has 0 spiro atoms. The third-order valence-corrected chi connectivity index (χ3v) is 6.72. The maximum absolute atomic E-state index is 9.08. The van der Waals surface area contributed by atoms with E-state index in [0.29, 0.717) is 0 Å². The third-order valence-electron chi connectivity index (χ3n) is 6.72. The smallest absolute Gasteiger partial charge is 0.225 e. The number of hydrogen-bond donors (Lipinski definition) is 0. The first-order valence-corrected chi connectivity index (χ1v) is 11.6. The van der Waals surface area contributed by atoms with Gasteiger partial charge >= 0.3 is 0 Å². The van der Waals surface area contributed by atoms with Gasteiger partial charge in [0.15, 0.2) is 11.0 Å². The average Bonchev–Trinajstić information content (AvgIpc) is 3.10. The average molecular weight is 436 g/mol. The highest BCUT2D eigenvalue weighted by Gasteiger charge is 2.32. The van der Waals surface area contributed by atoms with Crippen molar-refractivity contribution in [3.63, 3.8) is 0 Å². The van der Waals surface area contributed by atoms with Crippen LogP contribution in [0.15, 0.2) is 78.9 Å². The maximum Gasteiger partial charge on any atom is 0.295 e. The van der Waals surface area contributed by atoms with Gasteiger partial charge in [-0.15, -0.1) is 0 Å². The van der Waals surface area contributed by atoms with Gasteiger partial charge in [0.25, 0.3) is 5.82 Å². The Morgan fingerprint density at radius 1 is 0.758 bits per heavy atom. The number of rotatable bonds is 4. The lowest BCUT2D eigenvalue weighted by Crippen LogP contribution is -2.36. The van der Waals surface area contributed by atoms with E-state index in [0.717, 1.165) is 44.6 Å². The molecule has 4 aromatic carbocycles. The lowest BCUT2D eigenvalue weighted by molar-refractivity contribution is -0.556. The zero-order valence-corrected chi connectivity index (χ0v) is 20.4. The third kappa shape index (κ3) is 3.36. The fourth-order valence-electron chi connectivity index (χ4n) is 5.05. The predicted molar refractivity (Wildman–Crippen MR) is 140 cm³/mol. The lowest BCUT2D eigenvalue weighted by Gasteiger charge is -2.18. The zero-order valence-electron chi connectivity index (χ0n) is 22.4. The minimum Gasteiger partial charge on any atom is -0.225 e. The summed E-state index contributed by atoms with van der Waals surface area (Å²) in [5.41, 5.74) is 7.31. The van der Waals surface area contributed by atoms with Crippen LogP contribution in [0.3, 0.4) is 0 Å². The van der Waals surface area contributed by atoms with Crippen molar-refractivity contribution in [2.75, 3.05) is 0 Å². The summed E-state index contributed by atoms with van der Waals surface area (Å²) in [6.45, 7) is 9.88. The van der Waals surface area contributed by atoms with Crippen molar-refractivity contribution in [3.8, 4) is 17.1 Å². The van der Waals surface area contributed by atoms with Crippen molar-refractivity contribution in [3.05, 3.63) is 95.6 Å². The molecule has 0 radical (unpaired) electrons. The quantitative estimate of drug-likeness (QED) is 0.254. The van der Waals surface area contributed by atoms with E-state index < -0.39 is 11.8 Å². The van der Waals surface area contributed by atoms with E-state index in [2.05, 4.69) is 95.9 Å². The normalized spacial score (nSPS) is 13.4. The van der Waals surface area contributed by atoms with Crippen LogP contribution in [0.4, 0.5) is 0 Å². The molecule has 5 rings (SSSR count). The van der Waals surface area contributed by atoms with Gasteiger partial charge in [0, 0.05) is 19.3 Å². The molecule has 0 unspecified atom stereocenters. The van der Waals surface area contributed by atoms with E-state index >= 15 is 0 Å². The largest absolute Gasteiger partial charge is 0.295 e. The van der Waals surface area contributed by atoms with Crippen LogP contribution in [0.5, 0.6) is 0 Å². The molecular weight excluding hydrogens is 400 g/mol. The van der Waals surface area contributed by atoms with Crippen LogP contribution in [-0.4, -0.2) is 4.57 Å². The van der Waals surface area contributed by atoms with Crippen molar-refractivity contribution in [2.24, 2.45) is 7.05 Å². The molecule has 2 heteroatoms. The summed E-state index contributed by atoms with van der Waals surface area (Å²) in [6, 6.07) is 27.4. The number of imidazole rings is 1. The van der Waals surface area contributed by atoms with E-state index in [1.165, 1.54) is 10.9 Å². The Labute approximate surface area is 199 Å². The Balaban J connectivity index is 2.11. The lowest BCUT2D eigenvalue weighted by atomic mass is 9.92. The predicted octanol–water partition coefficient (Wildman–Crippen LogP) is 7.83. The molecule has 1 heterocycles. The first-order chi connectivity index (χ1) is 16.5. The molecule has 0 aliphatic rings. The van der Waals surface area contributed by atoms with Gasteiger partial charge in [-0.05, 0) is 53.9 Å². The fraction of sp³-hybridized carbons (Fsp3) is 0.258. The summed E-state index contributed by atoms with van der Waals surface area (Å²) in [6.07, 6.45) is 0. The molecule has 0 N–H and O–H groups in total. The Kier molecular flexibility index (Phi) is 4.74. The molecule has 2 nitrogen and oxygen atoms in total. The van der Waals surface area contributed by atoms with Gasteiger partial charge in [0.2, 0.25) is 0 Å². The summed E-state index contributed by atoms with van der Waals surface area (Å²) < 4.78 is 22.7. The van der Waals surface area contributed by atoms with E-state index in [9.17, 15) is 0 Å². The second kappa shape index (κ2) is 8.19. The van der Waals surface area contributed by atoms with Gasteiger partial charge in [-0.2, -0.15) is 4.57 Å². The standard InChI is InChI=1S/C31H33N2/c1-20(2)24-16-11-17-25(21(3)4)29(24)33-30-27-15-10-8-13-23(27)18-19-28(30)32(6)31(33)26-14-9-7-12-22(26)5/h7-21H,1-6H3/q+1/i20D,21D. The Morgan fingerprint density at radius 2 is 1.39 bits per heavy atom. The second-order valence-electron chi connectivity index (χ2n) is 9.39. The number of aromatic nitrogens is 2. The molecule has 0 atom stereocenters. The molecule has 33 heavy (non-hydrogen) atoms. The van der Waals surface area contributed by atoms with E-state index in [1.54, 1.807) is 0 Å². The molecule has 0 saturated carbocycles. The van der Waals surface area contributed by atoms with Crippen molar-refractivity contribution >= 4 is 21.8 Å². The minimum atomic E-state index is -0.848. The summed E-state index contributed by atoms with van der Waals surface area (Å²) in [5.74, 6) is -0.643. The highest BCUT2D eigenvalue weighted by atomic mass is 15.2. The number of para-hydroxylation sites is 1. The van der Waals surface area contributed by atoms with Crippen molar-refractivity contribution in [2.45, 2.75) is 46.4 Å². The molecular formula is C31H33N2+. The van der Waals surface area contributed by atoms with Gasteiger partial charge in [-0.25, -0.2) is 4.57 Å². The monoisotopic (exact) mass is 435 g/mol. The molecule has 5 aromatic rings. The molecule has 0 aliphatic heterocycles. The van der Waals surface area contributed by atoms with Crippen LogP contribution in [0, 0.1) is 6.92 Å². The molecule has 0 amide bonds. The topological polar surface area (TPSA) is 8.81 Å². The van der Waals surface area contributed by atoms with E-state index in [1.807, 2.05) is 33.8 Å². The van der Waals surface area contributed by atoms with Gasteiger partial charge in [-0.3, -0.25) is 0 Å². The summed E-state index contributed by atoms with van der Waals surface area (Å²) >= 11 is 0. The molecule has 1 aromatic heterocycles. The van der Waals surface area contributed by atoms with Crippen LogP contribution >= 0.6 is 0 Å². The SMILES string of the molecule is [2H]C(C)(C)c1cccc(C([2H])(C)C)c1-[n+]1c(-c2ccccc2C)n(C)c2ccc3ccccc3c21. The number of aryl methyl sites for hydroxylation is 2. The van der Waals surface area contributed by atoms with Gasteiger partial charge < -0.3 is 0 Å².